The molecule has 1 aliphatic rings. The van der Waals surface area contributed by atoms with Gasteiger partial charge in [0.05, 0.1) is 18.8 Å². The zero-order chi connectivity index (χ0) is 18.3. The molecule has 25 heavy (non-hydrogen) atoms. The van der Waals surface area contributed by atoms with Gasteiger partial charge in [0, 0.05) is 33.2 Å². The number of amides is 2. The molecule has 2 rings (SSSR count). The molecule has 0 atom stereocenters. The van der Waals surface area contributed by atoms with Gasteiger partial charge in [-0.2, -0.15) is 4.31 Å². The molecule has 138 valence electrons. The molecule has 2 N–H and O–H groups in total. The van der Waals surface area contributed by atoms with Crippen LogP contribution in [0.4, 0.5) is 0 Å². The minimum Gasteiger partial charge on any atom is -0.358 e. The lowest BCUT2D eigenvalue weighted by Gasteiger charge is -2.33. The number of hydrogen-bond donors (Lipinski definition) is 2. The third-order valence-corrected chi connectivity index (χ3v) is 5.86. The van der Waals surface area contributed by atoms with Crippen molar-refractivity contribution in [3.05, 3.63) is 35.9 Å². The van der Waals surface area contributed by atoms with Crippen molar-refractivity contribution in [1.82, 2.24) is 19.8 Å². The average Bonchev–Trinajstić information content (AvgIpc) is 2.60. The highest BCUT2D eigenvalue weighted by Gasteiger charge is 2.27. The van der Waals surface area contributed by atoms with Crippen molar-refractivity contribution < 1.29 is 18.0 Å². The molecule has 0 spiro atoms. The van der Waals surface area contributed by atoms with E-state index >= 15 is 0 Å². The Morgan fingerprint density at radius 2 is 1.68 bits per heavy atom. The van der Waals surface area contributed by atoms with E-state index in [1.54, 1.807) is 12.1 Å². The zero-order valence-electron chi connectivity index (χ0n) is 14.3. The van der Waals surface area contributed by atoms with Gasteiger partial charge in [-0.3, -0.25) is 14.5 Å². The lowest BCUT2D eigenvalue weighted by Crippen LogP contribution is -2.51. The highest BCUT2D eigenvalue weighted by atomic mass is 32.2. The van der Waals surface area contributed by atoms with Crippen LogP contribution in [-0.2, 0) is 25.4 Å². The van der Waals surface area contributed by atoms with E-state index in [4.69, 9.17) is 0 Å². The maximum atomic E-state index is 12.5. The average molecular weight is 368 g/mol. The summed E-state index contributed by atoms with van der Waals surface area (Å²) in [5, 5.41) is 4.96. The molecular formula is C16H24N4O4S. The maximum absolute atomic E-state index is 12.5. The van der Waals surface area contributed by atoms with Crippen LogP contribution in [0.25, 0.3) is 0 Å². The van der Waals surface area contributed by atoms with E-state index in [0.717, 1.165) is 5.56 Å². The third-order valence-electron chi connectivity index (χ3n) is 4.01. The summed E-state index contributed by atoms with van der Waals surface area (Å²) in [7, 11) is -1.86. The van der Waals surface area contributed by atoms with Crippen LogP contribution in [0.15, 0.2) is 30.3 Å². The summed E-state index contributed by atoms with van der Waals surface area (Å²) in [6.45, 7) is 1.79. The van der Waals surface area contributed by atoms with E-state index in [0.29, 0.717) is 26.2 Å². The first-order valence-corrected chi connectivity index (χ1v) is 9.73. The number of carbonyl (C=O) groups excluding carboxylic acids is 2. The van der Waals surface area contributed by atoms with Gasteiger partial charge in [-0.25, -0.2) is 8.42 Å². The number of carbonyl (C=O) groups is 2. The number of sulfonamides is 1. The second kappa shape index (κ2) is 8.93. The van der Waals surface area contributed by atoms with Gasteiger partial charge in [0.25, 0.3) is 0 Å². The van der Waals surface area contributed by atoms with Crippen LogP contribution in [0.2, 0.25) is 0 Å². The van der Waals surface area contributed by atoms with E-state index in [2.05, 4.69) is 10.6 Å². The molecule has 0 unspecified atom stereocenters. The van der Waals surface area contributed by atoms with Gasteiger partial charge in [-0.05, 0) is 5.56 Å². The fourth-order valence-corrected chi connectivity index (χ4v) is 4.08. The van der Waals surface area contributed by atoms with Gasteiger partial charge in [-0.1, -0.05) is 30.3 Å². The molecule has 1 aliphatic heterocycles. The Labute approximate surface area is 148 Å². The Bertz CT molecular complexity index is 685. The summed E-state index contributed by atoms with van der Waals surface area (Å²) in [6, 6.07) is 9.08. The molecule has 1 aromatic rings. The molecule has 1 fully saturated rings. The fraction of sp³-hybridized carbons (Fsp3) is 0.500. The fourth-order valence-electron chi connectivity index (χ4n) is 2.57. The summed E-state index contributed by atoms with van der Waals surface area (Å²) >= 11 is 0. The minimum absolute atomic E-state index is 0.0134. The lowest BCUT2D eigenvalue weighted by molar-refractivity contribution is -0.126. The highest BCUT2D eigenvalue weighted by molar-refractivity contribution is 7.88. The van der Waals surface area contributed by atoms with E-state index < -0.39 is 10.0 Å². The SMILES string of the molecule is CNC(=O)CNC(=O)CN1CCN(S(=O)(=O)Cc2ccccc2)CC1. The molecule has 8 nitrogen and oxygen atoms in total. The Kier molecular flexibility index (Phi) is 6.91. The monoisotopic (exact) mass is 368 g/mol. The van der Waals surface area contributed by atoms with Gasteiger partial charge in [0.1, 0.15) is 0 Å². The van der Waals surface area contributed by atoms with Crippen molar-refractivity contribution in [2.75, 3.05) is 46.3 Å². The Morgan fingerprint density at radius 1 is 1.04 bits per heavy atom. The molecule has 1 heterocycles. The molecule has 0 aliphatic carbocycles. The predicted molar refractivity (Wildman–Crippen MR) is 94.2 cm³/mol. The molecule has 0 bridgehead atoms. The summed E-state index contributed by atoms with van der Waals surface area (Å²) in [5.41, 5.74) is 0.763. The first-order chi connectivity index (χ1) is 11.9. The number of nitrogens with zero attached hydrogens (tertiary/aromatic N) is 2. The molecule has 0 radical (unpaired) electrons. The smallest absolute Gasteiger partial charge is 0.239 e. The second-order valence-corrected chi connectivity index (χ2v) is 7.84. The van der Waals surface area contributed by atoms with Crippen molar-refractivity contribution in [2.24, 2.45) is 0 Å². The second-order valence-electron chi connectivity index (χ2n) is 5.87. The Morgan fingerprint density at radius 3 is 2.28 bits per heavy atom. The lowest BCUT2D eigenvalue weighted by atomic mass is 10.2. The van der Waals surface area contributed by atoms with Crippen LogP contribution >= 0.6 is 0 Å². The first kappa shape index (κ1) is 19.4. The van der Waals surface area contributed by atoms with Crippen LogP contribution in [-0.4, -0.2) is 75.8 Å². The summed E-state index contributed by atoms with van der Waals surface area (Å²) < 4.78 is 26.4. The van der Waals surface area contributed by atoms with Crippen LogP contribution < -0.4 is 10.6 Å². The number of likely N-dealkylation sites (N-methyl/N-ethyl adjacent to an activating group) is 1. The van der Waals surface area contributed by atoms with Crippen molar-refractivity contribution in [3.8, 4) is 0 Å². The van der Waals surface area contributed by atoms with Crippen LogP contribution in [0.1, 0.15) is 5.56 Å². The summed E-state index contributed by atoms with van der Waals surface area (Å²) in [5.74, 6) is -0.519. The molecule has 0 aromatic heterocycles. The summed E-state index contributed by atoms with van der Waals surface area (Å²) in [4.78, 5) is 24.8. The molecule has 2 amide bonds. The van der Waals surface area contributed by atoms with Crippen molar-refractivity contribution in [2.45, 2.75) is 5.75 Å². The van der Waals surface area contributed by atoms with E-state index in [9.17, 15) is 18.0 Å². The normalized spacial score (nSPS) is 16.4. The van der Waals surface area contributed by atoms with Crippen molar-refractivity contribution in [3.63, 3.8) is 0 Å². The molecule has 0 saturated carbocycles. The van der Waals surface area contributed by atoms with Gasteiger partial charge >= 0.3 is 0 Å². The quantitative estimate of drug-likeness (QED) is 0.643. The third kappa shape index (κ3) is 6.11. The zero-order valence-corrected chi connectivity index (χ0v) is 15.1. The molecule has 1 saturated heterocycles. The van der Waals surface area contributed by atoms with Gasteiger partial charge in [0.2, 0.25) is 21.8 Å². The molecule has 1 aromatic carbocycles. The van der Waals surface area contributed by atoms with Gasteiger partial charge in [0.15, 0.2) is 0 Å². The first-order valence-electron chi connectivity index (χ1n) is 8.12. The van der Waals surface area contributed by atoms with Gasteiger partial charge < -0.3 is 10.6 Å². The standard InChI is InChI=1S/C16H24N4O4S/c1-17-15(21)11-18-16(22)12-19-7-9-20(10-8-19)25(23,24)13-14-5-3-2-4-6-14/h2-6H,7-13H2,1H3,(H,17,21)(H,18,22). The van der Waals surface area contributed by atoms with Gasteiger partial charge in [-0.15, -0.1) is 0 Å². The maximum Gasteiger partial charge on any atom is 0.239 e. The Balaban J connectivity index is 1.79. The highest BCUT2D eigenvalue weighted by Crippen LogP contribution is 2.13. The number of rotatable bonds is 7. The molecule has 9 heteroatoms. The molecular weight excluding hydrogens is 344 g/mol. The van der Waals surface area contributed by atoms with E-state index in [1.807, 2.05) is 23.1 Å². The Hall–Kier alpha value is -1.97. The van der Waals surface area contributed by atoms with E-state index in [-0.39, 0.29) is 30.7 Å². The van der Waals surface area contributed by atoms with E-state index in [1.165, 1.54) is 11.4 Å². The van der Waals surface area contributed by atoms with Crippen LogP contribution in [0.3, 0.4) is 0 Å². The number of piperazine rings is 1. The number of nitrogens with one attached hydrogen (secondary N) is 2. The van der Waals surface area contributed by atoms with Crippen molar-refractivity contribution in [1.29, 1.82) is 0 Å². The number of hydrogen-bond acceptors (Lipinski definition) is 5. The largest absolute Gasteiger partial charge is 0.358 e. The van der Waals surface area contributed by atoms with Crippen molar-refractivity contribution >= 4 is 21.8 Å². The summed E-state index contributed by atoms with van der Waals surface area (Å²) in [6.07, 6.45) is 0. The predicted octanol–water partition coefficient (Wildman–Crippen LogP) is -1.00. The topological polar surface area (TPSA) is 98.8 Å². The van der Waals surface area contributed by atoms with Crippen LogP contribution in [0, 0.1) is 0 Å². The number of benzene rings is 1. The van der Waals surface area contributed by atoms with Crippen LogP contribution in [0.5, 0.6) is 0 Å². The minimum atomic E-state index is -3.36.